The summed E-state index contributed by atoms with van der Waals surface area (Å²) < 4.78 is 0. The van der Waals surface area contributed by atoms with Gasteiger partial charge in [-0.05, 0) is 37.3 Å². The van der Waals surface area contributed by atoms with E-state index in [-0.39, 0.29) is 11.9 Å². The molecule has 5 amide bonds. The molecule has 8 nitrogen and oxygen atoms in total. The maximum absolute atomic E-state index is 13.7. The predicted molar refractivity (Wildman–Crippen MR) is 126 cm³/mol. The number of anilines is 1. The summed E-state index contributed by atoms with van der Waals surface area (Å²) >= 11 is 0. The van der Waals surface area contributed by atoms with Gasteiger partial charge in [-0.2, -0.15) is 0 Å². The fourth-order valence-electron chi connectivity index (χ4n) is 5.26. The molecular formula is C26H28N4O4. The van der Waals surface area contributed by atoms with Crippen LogP contribution in [0.5, 0.6) is 0 Å². The Labute approximate surface area is 198 Å². The Morgan fingerprint density at radius 2 is 1.65 bits per heavy atom. The van der Waals surface area contributed by atoms with Crippen LogP contribution in [0.25, 0.3) is 0 Å². The van der Waals surface area contributed by atoms with Crippen molar-refractivity contribution in [2.45, 2.75) is 37.9 Å². The number of amides is 5. The highest BCUT2D eigenvalue weighted by atomic mass is 16.2. The number of carbonyl (C=O) groups is 4. The molecular weight excluding hydrogens is 432 g/mol. The Kier molecular flexibility index (Phi) is 5.19. The number of fused-ring (bicyclic) bond motifs is 2. The molecule has 3 aliphatic rings. The second kappa shape index (κ2) is 7.97. The number of imide groups is 1. The molecule has 2 fully saturated rings. The summed E-state index contributed by atoms with van der Waals surface area (Å²) in [6, 6.07) is 16.0. The van der Waals surface area contributed by atoms with Crippen molar-refractivity contribution in [2.24, 2.45) is 5.92 Å². The molecule has 34 heavy (non-hydrogen) atoms. The molecule has 5 rings (SSSR count). The van der Waals surface area contributed by atoms with Crippen LogP contribution in [0, 0.1) is 5.92 Å². The first-order valence-corrected chi connectivity index (χ1v) is 11.6. The average molecular weight is 461 g/mol. The zero-order valence-electron chi connectivity index (χ0n) is 19.6. The van der Waals surface area contributed by atoms with Gasteiger partial charge in [0.15, 0.2) is 0 Å². The van der Waals surface area contributed by atoms with Gasteiger partial charge in [-0.15, -0.1) is 0 Å². The summed E-state index contributed by atoms with van der Waals surface area (Å²) in [5.74, 6) is -1.04. The van der Waals surface area contributed by atoms with Crippen LogP contribution in [0.1, 0.15) is 30.9 Å². The third-order valence-corrected chi connectivity index (χ3v) is 7.45. The van der Waals surface area contributed by atoms with Crippen LogP contribution in [0.15, 0.2) is 54.6 Å². The van der Waals surface area contributed by atoms with E-state index in [1.165, 1.54) is 16.8 Å². The molecule has 0 radical (unpaired) electrons. The minimum Gasteiger partial charge on any atom is -0.334 e. The first kappa shape index (κ1) is 22.1. The Morgan fingerprint density at radius 3 is 2.32 bits per heavy atom. The summed E-state index contributed by atoms with van der Waals surface area (Å²) in [5.41, 5.74) is 0.264. The zero-order valence-corrected chi connectivity index (χ0v) is 19.6. The van der Waals surface area contributed by atoms with Crippen LogP contribution < -0.4 is 4.90 Å². The molecule has 1 spiro atoms. The standard InChI is InChI=1S/C26H28N4O4/c1-17(19-13-14-19)29(15-18-9-5-4-6-10-18)22(31)16-30-24(33)26(28(3)25(30)34)20-11-7-8-12-21(20)27(2)23(26)32/h4-12,17,19H,13-16H2,1-3H3. The van der Waals surface area contributed by atoms with Crippen LogP contribution >= 0.6 is 0 Å². The first-order valence-electron chi connectivity index (χ1n) is 11.6. The van der Waals surface area contributed by atoms with E-state index in [0.29, 0.717) is 23.7 Å². The number of hydrogen-bond acceptors (Lipinski definition) is 4. The summed E-state index contributed by atoms with van der Waals surface area (Å²) in [7, 11) is 3.04. The second-order valence-electron chi connectivity index (χ2n) is 9.41. The van der Waals surface area contributed by atoms with E-state index in [0.717, 1.165) is 23.3 Å². The molecule has 1 aliphatic carbocycles. The Bertz CT molecular complexity index is 1180. The van der Waals surface area contributed by atoms with Gasteiger partial charge in [0.05, 0.1) is 5.69 Å². The van der Waals surface area contributed by atoms with Gasteiger partial charge in [0.25, 0.3) is 11.8 Å². The number of benzene rings is 2. The van der Waals surface area contributed by atoms with E-state index in [1.807, 2.05) is 37.3 Å². The van der Waals surface area contributed by atoms with Crippen LogP contribution in [-0.4, -0.2) is 65.1 Å². The quantitative estimate of drug-likeness (QED) is 0.490. The normalized spacial score (nSPS) is 22.6. The van der Waals surface area contributed by atoms with E-state index in [4.69, 9.17) is 0 Å². The van der Waals surface area contributed by atoms with Crippen LogP contribution in [0.4, 0.5) is 10.5 Å². The highest BCUT2D eigenvalue weighted by Gasteiger charge is 2.67. The molecule has 0 N–H and O–H groups in total. The number of rotatable bonds is 6. The lowest BCUT2D eigenvalue weighted by molar-refractivity contribution is -0.145. The highest BCUT2D eigenvalue weighted by molar-refractivity contribution is 6.27. The van der Waals surface area contributed by atoms with Gasteiger partial charge in [-0.25, -0.2) is 4.79 Å². The maximum Gasteiger partial charge on any atom is 0.328 e. The second-order valence-corrected chi connectivity index (χ2v) is 9.41. The molecule has 1 saturated heterocycles. The Morgan fingerprint density at radius 1 is 1.00 bits per heavy atom. The lowest BCUT2D eigenvalue weighted by Crippen LogP contribution is -2.52. The highest BCUT2D eigenvalue weighted by Crippen LogP contribution is 2.47. The van der Waals surface area contributed by atoms with Gasteiger partial charge in [0.2, 0.25) is 11.4 Å². The summed E-state index contributed by atoms with van der Waals surface area (Å²) in [4.78, 5) is 59.2. The van der Waals surface area contributed by atoms with Crippen molar-refractivity contribution < 1.29 is 19.2 Å². The topological polar surface area (TPSA) is 81.2 Å². The largest absolute Gasteiger partial charge is 0.334 e. The van der Waals surface area contributed by atoms with Crippen molar-refractivity contribution in [1.82, 2.24) is 14.7 Å². The molecule has 0 aromatic heterocycles. The number of likely N-dealkylation sites (N-methyl/N-ethyl adjacent to an activating group) is 2. The summed E-state index contributed by atoms with van der Waals surface area (Å²) in [5, 5.41) is 0. The minimum atomic E-state index is -1.77. The van der Waals surface area contributed by atoms with Gasteiger partial charge in [-0.3, -0.25) is 19.3 Å². The maximum atomic E-state index is 13.7. The van der Waals surface area contributed by atoms with Crippen molar-refractivity contribution in [3.8, 4) is 0 Å². The van der Waals surface area contributed by atoms with Crippen molar-refractivity contribution in [1.29, 1.82) is 0 Å². The molecule has 2 aliphatic heterocycles. The molecule has 2 unspecified atom stereocenters. The van der Waals surface area contributed by atoms with Gasteiger partial charge in [0.1, 0.15) is 6.54 Å². The predicted octanol–water partition coefficient (Wildman–Crippen LogP) is 2.58. The molecule has 2 aromatic carbocycles. The van der Waals surface area contributed by atoms with E-state index >= 15 is 0 Å². The average Bonchev–Trinajstić information content (AvgIpc) is 3.65. The third kappa shape index (κ3) is 3.12. The van der Waals surface area contributed by atoms with Crippen LogP contribution in [0.2, 0.25) is 0 Å². The first-order chi connectivity index (χ1) is 16.3. The summed E-state index contributed by atoms with van der Waals surface area (Å²) in [6.45, 7) is 2.03. The number of para-hydroxylation sites is 1. The number of nitrogens with zero attached hydrogens (tertiary/aromatic N) is 4. The Balaban J connectivity index is 1.45. The monoisotopic (exact) mass is 460 g/mol. The molecule has 2 aromatic rings. The molecule has 2 heterocycles. The fourth-order valence-corrected chi connectivity index (χ4v) is 5.26. The molecule has 8 heteroatoms. The number of carbonyl (C=O) groups excluding carboxylic acids is 4. The summed E-state index contributed by atoms with van der Waals surface area (Å²) in [6.07, 6.45) is 2.12. The molecule has 1 saturated carbocycles. The number of urea groups is 1. The Hall–Kier alpha value is -3.68. The smallest absolute Gasteiger partial charge is 0.328 e. The van der Waals surface area contributed by atoms with Crippen molar-refractivity contribution in [3.63, 3.8) is 0 Å². The van der Waals surface area contributed by atoms with Crippen LogP contribution in [0.3, 0.4) is 0 Å². The lowest BCUT2D eigenvalue weighted by Gasteiger charge is -2.31. The SMILES string of the molecule is CC(C1CC1)N(Cc1ccccc1)C(=O)CN1C(=O)N(C)C2(C1=O)C(=O)N(C)c1ccccc12. The number of hydrogen-bond donors (Lipinski definition) is 0. The van der Waals surface area contributed by atoms with E-state index in [1.54, 1.807) is 36.2 Å². The molecule has 176 valence electrons. The van der Waals surface area contributed by atoms with Crippen molar-refractivity contribution in [3.05, 3.63) is 65.7 Å². The molecule has 2 atom stereocenters. The van der Waals surface area contributed by atoms with Gasteiger partial charge in [-0.1, -0.05) is 48.5 Å². The minimum absolute atomic E-state index is 0.00725. The van der Waals surface area contributed by atoms with Crippen LogP contribution in [-0.2, 0) is 26.5 Å². The third-order valence-electron chi connectivity index (χ3n) is 7.45. The zero-order chi connectivity index (χ0) is 24.2. The van der Waals surface area contributed by atoms with Gasteiger partial charge in [0, 0.05) is 32.2 Å². The van der Waals surface area contributed by atoms with E-state index in [2.05, 4.69) is 0 Å². The lowest BCUT2D eigenvalue weighted by atomic mass is 9.90. The van der Waals surface area contributed by atoms with Gasteiger partial charge >= 0.3 is 6.03 Å². The van der Waals surface area contributed by atoms with Crippen molar-refractivity contribution in [2.75, 3.05) is 25.5 Å². The van der Waals surface area contributed by atoms with Crippen molar-refractivity contribution >= 4 is 29.4 Å². The van der Waals surface area contributed by atoms with E-state index < -0.39 is 29.9 Å². The molecule has 0 bridgehead atoms. The van der Waals surface area contributed by atoms with Gasteiger partial charge < -0.3 is 14.7 Å². The van der Waals surface area contributed by atoms with E-state index in [9.17, 15) is 19.2 Å². The fraction of sp³-hybridized carbons (Fsp3) is 0.385.